The first-order valence-electron chi connectivity index (χ1n) is 6.74. The third-order valence-corrected chi connectivity index (χ3v) is 3.47. The van der Waals surface area contributed by atoms with Gasteiger partial charge in [-0.3, -0.25) is 0 Å². The lowest BCUT2D eigenvalue weighted by Gasteiger charge is -2.05. The quantitative estimate of drug-likeness (QED) is 0.808. The first kappa shape index (κ1) is 12.8. The fraction of sp³-hybridized carbons (Fsp3) is 0.333. The number of rotatable bonds is 3. The van der Waals surface area contributed by atoms with E-state index in [1.54, 1.807) is 23.7 Å². The molecule has 3 rings (SSSR count). The zero-order chi connectivity index (χ0) is 14.1. The molecular weight excluding hydrogens is 259 g/mol. The molecule has 2 aromatic rings. The molecule has 0 unspecified atom stereocenters. The number of carbonyl (C=O) groups excluding carboxylic acids is 1. The summed E-state index contributed by atoms with van der Waals surface area (Å²) in [5.74, 6) is -0.672. The van der Waals surface area contributed by atoms with E-state index >= 15 is 0 Å². The van der Waals surface area contributed by atoms with E-state index in [1.807, 2.05) is 0 Å². The van der Waals surface area contributed by atoms with Gasteiger partial charge in [-0.15, -0.1) is 0 Å². The molecule has 0 N–H and O–H groups in total. The Balaban J connectivity index is 2.06. The third-order valence-electron chi connectivity index (χ3n) is 3.47. The van der Waals surface area contributed by atoms with Gasteiger partial charge in [0.2, 0.25) is 0 Å². The number of ether oxygens (including phenoxy) is 1. The molecule has 0 bridgehead atoms. The van der Waals surface area contributed by atoms with Gasteiger partial charge in [0.1, 0.15) is 5.82 Å². The van der Waals surface area contributed by atoms with Crippen molar-refractivity contribution >= 4 is 5.97 Å². The van der Waals surface area contributed by atoms with Gasteiger partial charge in [-0.05, 0) is 50.5 Å². The average Bonchev–Trinajstić information content (AvgIpc) is 3.01. The van der Waals surface area contributed by atoms with Crippen LogP contribution < -0.4 is 0 Å². The van der Waals surface area contributed by atoms with Gasteiger partial charge in [0.25, 0.3) is 0 Å². The molecule has 0 radical (unpaired) electrons. The van der Waals surface area contributed by atoms with Crippen LogP contribution in [-0.4, -0.2) is 22.4 Å². The molecule has 0 aliphatic heterocycles. The SMILES string of the molecule is CCOC(=O)c1nn(-c2ccc(F)cc2)c2c1CCC2. The van der Waals surface area contributed by atoms with Crippen LogP contribution in [0.25, 0.3) is 5.69 Å². The van der Waals surface area contributed by atoms with E-state index in [1.165, 1.54) is 12.1 Å². The number of esters is 1. The minimum atomic E-state index is -0.383. The Morgan fingerprint density at radius 3 is 2.80 bits per heavy atom. The van der Waals surface area contributed by atoms with E-state index in [-0.39, 0.29) is 11.8 Å². The minimum absolute atomic E-state index is 0.289. The molecule has 0 amide bonds. The highest BCUT2D eigenvalue weighted by molar-refractivity contribution is 5.89. The van der Waals surface area contributed by atoms with Gasteiger partial charge < -0.3 is 4.74 Å². The van der Waals surface area contributed by atoms with Gasteiger partial charge in [0.05, 0.1) is 12.3 Å². The van der Waals surface area contributed by atoms with Crippen molar-refractivity contribution in [1.29, 1.82) is 0 Å². The van der Waals surface area contributed by atoms with Gasteiger partial charge in [0.15, 0.2) is 5.69 Å². The highest BCUT2D eigenvalue weighted by Gasteiger charge is 2.27. The predicted molar refractivity (Wildman–Crippen MR) is 71.5 cm³/mol. The molecule has 1 aromatic heterocycles. The maximum absolute atomic E-state index is 13.0. The summed E-state index contributed by atoms with van der Waals surface area (Å²) in [4.78, 5) is 11.9. The van der Waals surface area contributed by atoms with Gasteiger partial charge in [0, 0.05) is 11.3 Å². The number of hydrogen-bond acceptors (Lipinski definition) is 3. The zero-order valence-corrected chi connectivity index (χ0v) is 11.2. The molecule has 1 heterocycles. The number of nitrogens with zero attached hydrogens (tertiary/aromatic N) is 2. The van der Waals surface area contributed by atoms with Crippen molar-refractivity contribution in [2.24, 2.45) is 0 Å². The fourth-order valence-electron chi connectivity index (χ4n) is 2.60. The summed E-state index contributed by atoms with van der Waals surface area (Å²) in [6.45, 7) is 2.10. The summed E-state index contributed by atoms with van der Waals surface area (Å²) < 4.78 is 19.8. The lowest BCUT2D eigenvalue weighted by Crippen LogP contribution is -2.09. The van der Waals surface area contributed by atoms with Gasteiger partial charge in [-0.25, -0.2) is 13.9 Å². The number of hydrogen-bond donors (Lipinski definition) is 0. The molecule has 5 heteroatoms. The van der Waals surface area contributed by atoms with Crippen LogP contribution >= 0.6 is 0 Å². The second kappa shape index (κ2) is 5.07. The number of halogens is 1. The van der Waals surface area contributed by atoms with E-state index in [0.29, 0.717) is 12.3 Å². The second-order valence-corrected chi connectivity index (χ2v) is 4.74. The van der Waals surface area contributed by atoms with Crippen LogP contribution in [0.1, 0.15) is 35.1 Å². The van der Waals surface area contributed by atoms with Crippen molar-refractivity contribution in [3.8, 4) is 5.69 Å². The summed E-state index contributed by atoms with van der Waals surface area (Å²) in [6.07, 6.45) is 2.71. The van der Waals surface area contributed by atoms with Crippen molar-refractivity contribution in [1.82, 2.24) is 9.78 Å². The first-order valence-corrected chi connectivity index (χ1v) is 6.74. The van der Waals surface area contributed by atoms with Crippen LogP contribution in [-0.2, 0) is 17.6 Å². The Bertz CT molecular complexity index is 647. The summed E-state index contributed by atoms with van der Waals surface area (Å²) in [5.41, 5.74) is 3.15. The summed E-state index contributed by atoms with van der Waals surface area (Å²) in [5, 5.41) is 4.37. The van der Waals surface area contributed by atoms with Gasteiger partial charge in [-0.2, -0.15) is 5.10 Å². The molecule has 0 spiro atoms. The van der Waals surface area contributed by atoms with Crippen molar-refractivity contribution < 1.29 is 13.9 Å². The normalized spacial score (nSPS) is 13.3. The largest absolute Gasteiger partial charge is 0.461 e. The second-order valence-electron chi connectivity index (χ2n) is 4.74. The Labute approximate surface area is 116 Å². The number of benzene rings is 1. The Hall–Kier alpha value is -2.17. The van der Waals surface area contributed by atoms with Crippen LogP contribution in [0.4, 0.5) is 4.39 Å². The summed E-state index contributed by atoms with van der Waals surface area (Å²) in [7, 11) is 0. The molecule has 0 fully saturated rings. The molecular formula is C15H15FN2O2. The van der Waals surface area contributed by atoms with Crippen molar-refractivity contribution in [3.05, 3.63) is 47.0 Å². The van der Waals surface area contributed by atoms with Crippen LogP contribution in [0.2, 0.25) is 0 Å². The van der Waals surface area contributed by atoms with Crippen LogP contribution in [0, 0.1) is 5.82 Å². The molecule has 104 valence electrons. The van der Waals surface area contributed by atoms with E-state index in [9.17, 15) is 9.18 Å². The van der Waals surface area contributed by atoms with Crippen molar-refractivity contribution in [2.75, 3.05) is 6.61 Å². The van der Waals surface area contributed by atoms with Crippen molar-refractivity contribution in [2.45, 2.75) is 26.2 Å². The van der Waals surface area contributed by atoms with Crippen LogP contribution in [0.3, 0.4) is 0 Å². The smallest absolute Gasteiger partial charge is 0.359 e. The van der Waals surface area contributed by atoms with Crippen molar-refractivity contribution in [3.63, 3.8) is 0 Å². The Kier molecular flexibility index (Phi) is 3.26. The first-order chi connectivity index (χ1) is 9.70. The number of carbonyl (C=O) groups is 1. The molecule has 4 nitrogen and oxygen atoms in total. The maximum Gasteiger partial charge on any atom is 0.359 e. The van der Waals surface area contributed by atoms with Crippen LogP contribution in [0.15, 0.2) is 24.3 Å². The molecule has 0 saturated carbocycles. The zero-order valence-electron chi connectivity index (χ0n) is 11.2. The molecule has 0 saturated heterocycles. The Morgan fingerprint density at radius 1 is 1.35 bits per heavy atom. The maximum atomic E-state index is 13.0. The molecule has 1 aliphatic carbocycles. The predicted octanol–water partition coefficient (Wildman–Crippen LogP) is 2.68. The van der Waals surface area contributed by atoms with E-state index in [2.05, 4.69) is 5.10 Å². The molecule has 0 atom stereocenters. The molecule has 20 heavy (non-hydrogen) atoms. The third kappa shape index (κ3) is 2.09. The van der Waals surface area contributed by atoms with Gasteiger partial charge in [-0.1, -0.05) is 0 Å². The highest BCUT2D eigenvalue weighted by atomic mass is 19.1. The van der Waals surface area contributed by atoms with E-state index in [4.69, 9.17) is 4.74 Å². The summed E-state index contributed by atoms with van der Waals surface area (Å²) >= 11 is 0. The lowest BCUT2D eigenvalue weighted by molar-refractivity contribution is 0.0517. The molecule has 1 aliphatic rings. The van der Waals surface area contributed by atoms with E-state index in [0.717, 1.165) is 36.2 Å². The average molecular weight is 274 g/mol. The fourth-order valence-corrected chi connectivity index (χ4v) is 2.60. The minimum Gasteiger partial charge on any atom is -0.461 e. The monoisotopic (exact) mass is 274 g/mol. The van der Waals surface area contributed by atoms with Crippen LogP contribution in [0.5, 0.6) is 0 Å². The molecule has 1 aromatic carbocycles. The number of aromatic nitrogens is 2. The van der Waals surface area contributed by atoms with Gasteiger partial charge >= 0.3 is 5.97 Å². The standard InChI is InChI=1S/C15H15FN2O2/c1-2-20-15(19)14-12-4-3-5-13(12)18(17-14)11-8-6-10(16)7-9-11/h6-9H,2-5H2,1H3. The number of fused-ring (bicyclic) bond motifs is 1. The summed E-state index contributed by atoms with van der Waals surface area (Å²) in [6, 6.07) is 6.11. The topological polar surface area (TPSA) is 44.1 Å². The van der Waals surface area contributed by atoms with E-state index < -0.39 is 0 Å². The Morgan fingerprint density at radius 2 is 2.10 bits per heavy atom. The highest BCUT2D eigenvalue weighted by Crippen LogP contribution is 2.28. The lowest BCUT2D eigenvalue weighted by atomic mass is 10.2.